The molecule has 0 spiro atoms. The molecule has 2 aromatic heterocycles. The van der Waals surface area contributed by atoms with E-state index < -0.39 is 25.5 Å². The maximum Gasteiger partial charge on any atom is 0.334 e. The summed E-state index contributed by atoms with van der Waals surface area (Å²) in [5, 5.41) is 0.0582. The number of fused-ring (bicyclic) bond motifs is 2. The maximum absolute atomic E-state index is 13.4. The predicted octanol–water partition coefficient (Wildman–Crippen LogP) is 6.33. The molecule has 0 saturated carbocycles. The van der Waals surface area contributed by atoms with E-state index in [-0.39, 0.29) is 16.1 Å². The fourth-order valence-corrected chi connectivity index (χ4v) is 5.74. The summed E-state index contributed by atoms with van der Waals surface area (Å²) in [4.78, 5) is 36.8. The molecule has 2 heterocycles. The number of aromatic nitrogens is 4. The van der Waals surface area contributed by atoms with Crippen LogP contribution in [0.3, 0.4) is 0 Å². The summed E-state index contributed by atoms with van der Waals surface area (Å²) in [6.45, 7) is 13.1. The first kappa shape index (κ1) is 26.8. The third-order valence-corrected chi connectivity index (χ3v) is 12.2. The Hall–Kier alpha value is -3.75. The number of benzene rings is 2. The van der Waals surface area contributed by atoms with Gasteiger partial charge in [-0.1, -0.05) is 62.8 Å². The SMILES string of the molecule is Cc1ccc2c(c1)C=Cc1cc(O[Si](C)(C)C(C)(C)C)ccc1C2c1cn(-c2ccnc(Cl)n2)c(=O)[nH]c1=O. The summed E-state index contributed by atoms with van der Waals surface area (Å²) in [5.41, 5.74) is 4.32. The lowest BCUT2D eigenvalue weighted by atomic mass is 9.83. The van der Waals surface area contributed by atoms with E-state index in [1.54, 1.807) is 12.3 Å². The van der Waals surface area contributed by atoms with E-state index in [1.165, 1.54) is 10.8 Å². The summed E-state index contributed by atoms with van der Waals surface area (Å²) < 4.78 is 7.90. The number of hydrogen-bond donors (Lipinski definition) is 1. The van der Waals surface area contributed by atoms with Crippen LogP contribution in [0.1, 0.15) is 60.1 Å². The smallest absolute Gasteiger partial charge is 0.334 e. The van der Waals surface area contributed by atoms with E-state index in [0.717, 1.165) is 33.6 Å². The van der Waals surface area contributed by atoms with Gasteiger partial charge < -0.3 is 4.43 Å². The number of aryl methyl sites for hydroxylation is 1. The molecule has 1 unspecified atom stereocenters. The first-order valence-electron chi connectivity index (χ1n) is 12.8. The zero-order chi connectivity index (χ0) is 28.1. The van der Waals surface area contributed by atoms with Crippen molar-refractivity contribution >= 4 is 32.1 Å². The van der Waals surface area contributed by atoms with Crippen molar-refractivity contribution in [2.75, 3.05) is 0 Å². The van der Waals surface area contributed by atoms with E-state index in [2.05, 4.69) is 67.0 Å². The van der Waals surface area contributed by atoms with Gasteiger partial charge in [0.25, 0.3) is 5.56 Å². The van der Waals surface area contributed by atoms with E-state index >= 15 is 0 Å². The average molecular weight is 559 g/mol. The topological polar surface area (TPSA) is 89.9 Å². The Kier molecular flexibility index (Phi) is 6.72. The second kappa shape index (κ2) is 9.77. The van der Waals surface area contributed by atoms with Gasteiger partial charge in [-0.3, -0.25) is 14.3 Å². The van der Waals surface area contributed by atoms with Crippen molar-refractivity contribution in [1.29, 1.82) is 0 Å². The second-order valence-corrected chi connectivity index (χ2v) is 16.5. The molecule has 9 heteroatoms. The van der Waals surface area contributed by atoms with Crippen molar-refractivity contribution in [3.63, 3.8) is 0 Å². The largest absolute Gasteiger partial charge is 0.543 e. The van der Waals surface area contributed by atoms with Crippen LogP contribution < -0.4 is 15.7 Å². The van der Waals surface area contributed by atoms with Crippen LogP contribution >= 0.6 is 11.6 Å². The van der Waals surface area contributed by atoms with Gasteiger partial charge in [0.2, 0.25) is 13.6 Å². The molecule has 0 fully saturated rings. The first-order valence-corrected chi connectivity index (χ1v) is 16.1. The third kappa shape index (κ3) is 5.14. The molecule has 0 radical (unpaired) electrons. The number of hydrogen-bond acceptors (Lipinski definition) is 5. The molecule has 0 aliphatic heterocycles. The minimum absolute atomic E-state index is 0.00578. The Morgan fingerprint density at radius 1 is 0.974 bits per heavy atom. The van der Waals surface area contributed by atoms with Crippen molar-refractivity contribution in [2.24, 2.45) is 0 Å². The average Bonchev–Trinajstić information content (AvgIpc) is 2.99. The van der Waals surface area contributed by atoms with Crippen LogP contribution in [0.4, 0.5) is 0 Å². The summed E-state index contributed by atoms with van der Waals surface area (Å²) in [7, 11) is -2.06. The lowest BCUT2D eigenvalue weighted by Crippen LogP contribution is -2.43. The number of halogens is 1. The van der Waals surface area contributed by atoms with Gasteiger partial charge in [-0.2, -0.15) is 4.98 Å². The van der Waals surface area contributed by atoms with Crippen molar-refractivity contribution in [3.8, 4) is 11.6 Å². The second-order valence-electron chi connectivity index (χ2n) is 11.4. The van der Waals surface area contributed by atoms with E-state index in [4.69, 9.17) is 16.0 Å². The number of H-pyrrole nitrogens is 1. The number of aromatic amines is 1. The van der Waals surface area contributed by atoms with Gasteiger partial charge in [0.15, 0.2) is 0 Å². The van der Waals surface area contributed by atoms with Crippen molar-refractivity contribution in [2.45, 2.75) is 51.7 Å². The fraction of sp³-hybridized carbons (Fsp3) is 0.267. The zero-order valence-corrected chi connectivity index (χ0v) is 24.6. The summed E-state index contributed by atoms with van der Waals surface area (Å²) in [6.07, 6.45) is 7.17. The van der Waals surface area contributed by atoms with Gasteiger partial charge in [0.1, 0.15) is 11.6 Å². The summed E-state index contributed by atoms with van der Waals surface area (Å²) in [5.74, 6) is 0.632. The van der Waals surface area contributed by atoms with E-state index in [9.17, 15) is 9.59 Å². The Morgan fingerprint density at radius 3 is 2.31 bits per heavy atom. The molecule has 5 rings (SSSR count). The van der Waals surface area contributed by atoms with Crippen LogP contribution in [-0.2, 0) is 0 Å². The minimum Gasteiger partial charge on any atom is -0.543 e. The van der Waals surface area contributed by atoms with Crippen LogP contribution in [0.5, 0.6) is 5.75 Å². The molecule has 1 atom stereocenters. The van der Waals surface area contributed by atoms with Crippen LogP contribution in [0.2, 0.25) is 23.4 Å². The molecule has 4 aromatic rings. The van der Waals surface area contributed by atoms with Gasteiger partial charge in [0.05, 0.1) is 0 Å². The van der Waals surface area contributed by atoms with Gasteiger partial charge in [0, 0.05) is 23.9 Å². The number of rotatable bonds is 4. The number of nitrogens with zero attached hydrogens (tertiary/aromatic N) is 3. The normalized spacial score (nSPS) is 14.9. The van der Waals surface area contributed by atoms with Gasteiger partial charge in [-0.25, -0.2) is 9.78 Å². The molecule has 1 aliphatic carbocycles. The highest BCUT2D eigenvalue weighted by molar-refractivity contribution is 6.74. The van der Waals surface area contributed by atoms with Gasteiger partial charge in [-0.15, -0.1) is 0 Å². The highest BCUT2D eigenvalue weighted by atomic mass is 35.5. The molecular weight excluding hydrogens is 528 g/mol. The van der Waals surface area contributed by atoms with Crippen LogP contribution in [0, 0.1) is 6.92 Å². The minimum atomic E-state index is -2.06. The fourth-order valence-electron chi connectivity index (χ4n) is 4.58. The van der Waals surface area contributed by atoms with Gasteiger partial charge in [-0.05, 0) is 77.1 Å². The Labute approximate surface area is 233 Å². The molecule has 2 aromatic carbocycles. The molecule has 7 nitrogen and oxygen atoms in total. The van der Waals surface area contributed by atoms with Crippen molar-refractivity contribution < 1.29 is 4.43 Å². The molecule has 200 valence electrons. The van der Waals surface area contributed by atoms with Crippen LogP contribution in [0.15, 0.2) is 64.4 Å². The Bertz CT molecular complexity index is 1730. The zero-order valence-electron chi connectivity index (χ0n) is 22.9. The molecule has 0 saturated heterocycles. The van der Waals surface area contributed by atoms with E-state index in [1.807, 2.05) is 37.3 Å². The highest BCUT2D eigenvalue weighted by Crippen LogP contribution is 2.41. The van der Waals surface area contributed by atoms with Crippen LogP contribution in [-0.4, -0.2) is 27.8 Å². The monoisotopic (exact) mass is 558 g/mol. The Balaban J connectivity index is 1.72. The lowest BCUT2D eigenvalue weighted by Gasteiger charge is -2.36. The summed E-state index contributed by atoms with van der Waals surface area (Å²) in [6, 6.07) is 13.8. The summed E-state index contributed by atoms with van der Waals surface area (Å²) >= 11 is 6.00. The number of nitrogens with one attached hydrogen (secondary N) is 1. The van der Waals surface area contributed by atoms with Gasteiger partial charge >= 0.3 is 5.69 Å². The third-order valence-electron chi connectivity index (χ3n) is 7.68. The van der Waals surface area contributed by atoms with E-state index in [0.29, 0.717) is 5.56 Å². The van der Waals surface area contributed by atoms with Crippen molar-refractivity contribution in [1.82, 2.24) is 19.5 Å². The van der Waals surface area contributed by atoms with Crippen LogP contribution in [0.25, 0.3) is 18.0 Å². The first-order chi connectivity index (χ1) is 18.3. The quantitative estimate of drug-likeness (QED) is 0.206. The molecule has 1 N–H and O–H groups in total. The molecular formula is C30H31ClN4O3Si. The molecule has 1 aliphatic rings. The standard InChI is InChI=1S/C30H31ClN4O3Si/c1-18-7-11-22-19(15-18)8-9-20-16-21(38-39(5,6)30(2,3)4)10-12-23(20)26(22)24-17-35(29(37)34-27(24)36)25-13-14-32-28(31)33-25/h7-17,26H,1-6H3,(H,34,36,37). The molecule has 0 bridgehead atoms. The molecule has 39 heavy (non-hydrogen) atoms. The maximum atomic E-state index is 13.4. The predicted molar refractivity (Wildman–Crippen MR) is 159 cm³/mol. The molecule has 0 amide bonds. The van der Waals surface area contributed by atoms with Crippen molar-refractivity contribution in [3.05, 3.63) is 114 Å². The Morgan fingerprint density at radius 2 is 1.64 bits per heavy atom. The lowest BCUT2D eigenvalue weighted by molar-refractivity contribution is 0.492. The highest BCUT2D eigenvalue weighted by Gasteiger charge is 2.39.